The van der Waals surface area contributed by atoms with E-state index in [1.807, 2.05) is 24.3 Å². The Labute approximate surface area is 144 Å². The van der Waals surface area contributed by atoms with Crippen LogP contribution in [0.4, 0.5) is 16.9 Å². The summed E-state index contributed by atoms with van der Waals surface area (Å²) in [6.07, 6.45) is 7.64. The van der Waals surface area contributed by atoms with Crippen molar-refractivity contribution in [1.82, 2.24) is 19.9 Å². The van der Waals surface area contributed by atoms with E-state index >= 15 is 0 Å². The molecule has 0 saturated carbocycles. The van der Waals surface area contributed by atoms with E-state index in [1.54, 1.807) is 29.9 Å². The molecule has 0 unspecified atom stereocenters. The molecule has 0 amide bonds. The molecule has 1 saturated heterocycles. The molecule has 1 aliphatic heterocycles. The van der Waals surface area contributed by atoms with Gasteiger partial charge in [0, 0.05) is 43.0 Å². The number of pyridine rings is 1. The Morgan fingerprint density at radius 3 is 2.79 bits per heavy atom. The zero-order valence-electron chi connectivity index (χ0n) is 13.2. The second-order valence-electron chi connectivity index (χ2n) is 5.75. The summed E-state index contributed by atoms with van der Waals surface area (Å²) in [4.78, 5) is 20.0. The molecule has 4 heterocycles. The molecule has 1 atom stereocenters. The van der Waals surface area contributed by atoms with Gasteiger partial charge in [-0.25, -0.2) is 19.9 Å². The highest BCUT2D eigenvalue weighted by molar-refractivity contribution is 7.13. The van der Waals surface area contributed by atoms with Gasteiger partial charge in [-0.15, -0.1) is 11.3 Å². The van der Waals surface area contributed by atoms with Crippen LogP contribution in [-0.2, 0) is 0 Å². The first-order valence-corrected chi connectivity index (χ1v) is 8.92. The number of anilines is 3. The lowest BCUT2D eigenvalue weighted by atomic mass is 9.96. The molecule has 0 aromatic carbocycles. The molecule has 6 nitrogen and oxygen atoms in total. The molecule has 3 aromatic heterocycles. The summed E-state index contributed by atoms with van der Waals surface area (Å²) in [6.45, 7) is 1.92. The molecule has 0 radical (unpaired) electrons. The van der Waals surface area contributed by atoms with E-state index in [0.717, 1.165) is 48.5 Å². The Bertz CT molecular complexity index is 776. The number of rotatable bonds is 4. The van der Waals surface area contributed by atoms with Crippen molar-refractivity contribution in [2.75, 3.05) is 23.3 Å². The highest BCUT2D eigenvalue weighted by Gasteiger charge is 2.24. The van der Waals surface area contributed by atoms with E-state index in [0.29, 0.717) is 5.92 Å². The van der Waals surface area contributed by atoms with E-state index < -0.39 is 0 Å². The molecular formula is C17H18N6S. The van der Waals surface area contributed by atoms with Crippen LogP contribution in [0.2, 0.25) is 0 Å². The molecular weight excluding hydrogens is 320 g/mol. The average molecular weight is 338 g/mol. The van der Waals surface area contributed by atoms with Gasteiger partial charge in [0.25, 0.3) is 0 Å². The summed E-state index contributed by atoms with van der Waals surface area (Å²) in [7, 11) is 0. The number of hydrogen-bond donors (Lipinski definition) is 1. The molecule has 3 aromatic rings. The topological polar surface area (TPSA) is 66.8 Å². The van der Waals surface area contributed by atoms with Gasteiger partial charge in [-0.3, -0.25) is 0 Å². The molecule has 1 fully saturated rings. The largest absolute Gasteiger partial charge is 0.340 e. The second kappa shape index (κ2) is 6.92. The predicted octanol–water partition coefficient (Wildman–Crippen LogP) is 3.46. The fraction of sp³-hybridized carbons (Fsp3) is 0.294. The number of piperidine rings is 1. The van der Waals surface area contributed by atoms with Gasteiger partial charge < -0.3 is 10.2 Å². The number of thiazole rings is 1. The first-order chi connectivity index (χ1) is 11.9. The van der Waals surface area contributed by atoms with Gasteiger partial charge in [0.1, 0.15) is 5.82 Å². The van der Waals surface area contributed by atoms with Gasteiger partial charge in [0.05, 0.1) is 5.69 Å². The lowest BCUT2D eigenvalue weighted by Gasteiger charge is -2.31. The lowest BCUT2D eigenvalue weighted by molar-refractivity contribution is 0.497. The van der Waals surface area contributed by atoms with Crippen molar-refractivity contribution < 1.29 is 0 Å². The van der Waals surface area contributed by atoms with Crippen molar-refractivity contribution in [3.8, 4) is 0 Å². The first-order valence-electron chi connectivity index (χ1n) is 8.04. The van der Waals surface area contributed by atoms with Crippen molar-refractivity contribution in [2.24, 2.45) is 0 Å². The molecule has 122 valence electrons. The quantitative estimate of drug-likeness (QED) is 0.786. The zero-order valence-corrected chi connectivity index (χ0v) is 14.0. The molecule has 0 spiro atoms. The van der Waals surface area contributed by atoms with Gasteiger partial charge in [-0.05, 0) is 31.0 Å². The van der Waals surface area contributed by atoms with Crippen molar-refractivity contribution >= 4 is 28.2 Å². The van der Waals surface area contributed by atoms with E-state index in [-0.39, 0.29) is 0 Å². The van der Waals surface area contributed by atoms with Gasteiger partial charge in [0.15, 0.2) is 5.13 Å². The summed E-state index contributed by atoms with van der Waals surface area (Å²) in [6, 6.07) is 7.65. The number of nitrogens with zero attached hydrogens (tertiary/aromatic N) is 5. The maximum absolute atomic E-state index is 4.76. The normalized spacial score (nSPS) is 17.7. The maximum atomic E-state index is 4.76. The summed E-state index contributed by atoms with van der Waals surface area (Å²) >= 11 is 1.62. The van der Waals surface area contributed by atoms with Crippen molar-refractivity contribution in [3.05, 3.63) is 53.9 Å². The van der Waals surface area contributed by atoms with E-state index in [4.69, 9.17) is 4.98 Å². The van der Waals surface area contributed by atoms with Crippen molar-refractivity contribution in [3.63, 3.8) is 0 Å². The smallest absolute Gasteiger partial charge is 0.225 e. The van der Waals surface area contributed by atoms with Crippen LogP contribution in [0.25, 0.3) is 0 Å². The summed E-state index contributed by atoms with van der Waals surface area (Å²) in [5.74, 6) is 2.05. The molecule has 7 heteroatoms. The Morgan fingerprint density at radius 1 is 1.08 bits per heavy atom. The van der Waals surface area contributed by atoms with Crippen LogP contribution in [0, 0.1) is 0 Å². The van der Waals surface area contributed by atoms with Crippen molar-refractivity contribution in [1.29, 1.82) is 0 Å². The Morgan fingerprint density at radius 2 is 1.96 bits per heavy atom. The van der Waals surface area contributed by atoms with Gasteiger partial charge >= 0.3 is 0 Å². The zero-order chi connectivity index (χ0) is 16.2. The minimum Gasteiger partial charge on any atom is -0.340 e. The van der Waals surface area contributed by atoms with Crippen LogP contribution in [0.5, 0.6) is 0 Å². The third-order valence-electron chi connectivity index (χ3n) is 4.10. The lowest BCUT2D eigenvalue weighted by Crippen LogP contribution is -2.35. The van der Waals surface area contributed by atoms with E-state index in [2.05, 4.69) is 30.5 Å². The van der Waals surface area contributed by atoms with Crippen LogP contribution in [0.15, 0.2) is 48.2 Å². The van der Waals surface area contributed by atoms with Crippen LogP contribution in [-0.4, -0.2) is 33.0 Å². The van der Waals surface area contributed by atoms with Crippen molar-refractivity contribution in [2.45, 2.75) is 18.8 Å². The molecule has 1 aliphatic rings. The maximum Gasteiger partial charge on any atom is 0.225 e. The fourth-order valence-corrected chi connectivity index (χ4v) is 3.73. The number of nitrogens with one attached hydrogen (secondary N) is 1. The molecule has 1 N–H and O–H groups in total. The fourth-order valence-electron chi connectivity index (χ4n) is 2.93. The Balaban J connectivity index is 1.46. The van der Waals surface area contributed by atoms with Gasteiger partial charge in [-0.1, -0.05) is 6.07 Å². The number of aromatic nitrogens is 4. The minimum atomic E-state index is 0.415. The minimum absolute atomic E-state index is 0.415. The molecule has 24 heavy (non-hydrogen) atoms. The first kappa shape index (κ1) is 15.0. The van der Waals surface area contributed by atoms with E-state index in [9.17, 15) is 0 Å². The standard InChI is InChI=1S/C17H18N6S/c1-2-7-18-15(6-1)22-17-21-14(12-24-17)13-5-3-10-23(11-13)16-19-8-4-9-20-16/h1-2,4,6-9,12-13H,3,5,10-11H2,(H,18,21,22)/t13-/m1/s1. The summed E-state index contributed by atoms with van der Waals surface area (Å²) < 4.78 is 0. The average Bonchev–Trinajstić information content (AvgIpc) is 3.12. The summed E-state index contributed by atoms with van der Waals surface area (Å²) in [5, 5.41) is 6.29. The van der Waals surface area contributed by atoms with Crippen LogP contribution < -0.4 is 10.2 Å². The van der Waals surface area contributed by atoms with Gasteiger partial charge in [0.2, 0.25) is 5.95 Å². The predicted molar refractivity (Wildman–Crippen MR) is 95.9 cm³/mol. The molecule has 0 bridgehead atoms. The Hall–Kier alpha value is -2.54. The van der Waals surface area contributed by atoms with E-state index in [1.165, 1.54) is 0 Å². The highest BCUT2D eigenvalue weighted by atomic mass is 32.1. The van der Waals surface area contributed by atoms with Crippen LogP contribution in [0.3, 0.4) is 0 Å². The SMILES string of the molecule is c1ccc(Nc2nc([C@@H]3CCCN(c4ncccn4)C3)cs2)nc1. The number of hydrogen-bond acceptors (Lipinski definition) is 7. The second-order valence-corrected chi connectivity index (χ2v) is 6.61. The Kier molecular flexibility index (Phi) is 4.33. The van der Waals surface area contributed by atoms with Crippen LogP contribution in [0.1, 0.15) is 24.5 Å². The highest BCUT2D eigenvalue weighted by Crippen LogP contribution is 2.31. The van der Waals surface area contributed by atoms with Crippen LogP contribution >= 0.6 is 11.3 Å². The third-order valence-corrected chi connectivity index (χ3v) is 4.87. The third kappa shape index (κ3) is 3.35. The van der Waals surface area contributed by atoms with Gasteiger partial charge in [-0.2, -0.15) is 0 Å². The monoisotopic (exact) mass is 338 g/mol. The molecule has 4 rings (SSSR count). The molecule has 0 aliphatic carbocycles. The summed E-state index contributed by atoms with van der Waals surface area (Å²) in [5.41, 5.74) is 1.14.